The SMILES string of the molecule is O=C1C2CC=C3C(CC4C(=O)N(Nc5ccc(F)cc5)C(=O)C4(c4ccc(Cl)cc4)C3c3ccc(OCc4ccccc4)cc3O)C2C(=O)N1CCc1ccc(O)cc1. The van der Waals surface area contributed by atoms with Crippen molar-refractivity contribution >= 4 is 40.9 Å². The van der Waals surface area contributed by atoms with Gasteiger partial charge in [-0.15, -0.1) is 0 Å². The van der Waals surface area contributed by atoms with Crippen LogP contribution in [0.1, 0.15) is 41.0 Å². The van der Waals surface area contributed by atoms with Crippen LogP contribution in [0, 0.1) is 29.5 Å². The van der Waals surface area contributed by atoms with Gasteiger partial charge < -0.3 is 14.9 Å². The van der Waals surface area contributed by atoms with E-state index in [-0.39, 0.29) is 49.3 Å². The van der Waals surface area contributed by atoms with Gasteiger partial charge in [-0.1, -0.05) is 83.9 Å². The molecule has 2 aliphatic heterocycles. The van der Waals surface area contributed by atoms with Crippen LogP contribution in [-0.4, -0.2) is 50.3 Å². The minimum absolute atomic E-state index is 0.0577. The van der Waals surface area contributed by atoms with E-state index in [2.05, 4.69) is 5.43 Å². The fourth-order valence-electron chi connectivity index (χ4n) is 9.79. The average Bonchev–Trinajstić information content (AvgIpc) is 3.61. The van der Waals surface area contributed by atoms with Gasteiger partial charge in [-0.25, -0.2) is 4.39 Å². The Balaban J connectivity index is 1.16. The zero-order valence-electron chi connectivity index (χ0n) is 31.6. The number of allylic oxidation sites excluding steroid dienone is 2. The molecule has 5 aromatic rings. The van der Waals surface area contributed by atoms with Crippen molar-refractivity contribution in [1.29, 1.82) is 0 Å². The minimum Gasteiger partial charge on any atom is -0.508 e. The van der Waals surface area contributed by atoms with Crippen molar-refractivity contribution < 1.29 is 38.5 Å². The fourth-order valence-corrected chi connectivity index (χ4v) is 9.91. The van der Waals surface area contributed by atoms with Crippen molar-refractivity contribution in [2.45, 2.75) is 37.2 Å². The minimum atomic E-state index is -1.65. The quantitative estimate of drug-likeness (QED) is 0.0965. The first-order chi connectivity index (χ1) is 28.5. The van der Waals surface area contributed by atoms with Gasteiger partial charge in [0.05, 0.1) is 28.9 Å². The molecule has 5 aromatic carbocycles. The zero-order valence-corrected chi connectivity index (χ0v) is 32.4. The molecule has 6 unspecified atom stereocenters. The number of hydrogen-bond donors (Lipinski definition) is 3. The van der Waals surface area contributed by atoms with Crippen LogP contribution in [0.5, 0.6) is 17.2 Å². The number of halogens is 2. The number of amides is 4. The van der Waals surface area contributed by atoms with E-state index in [4.69, 9.17) is 16.3 Å². The topological polar surface area (TPSA) is 136 Å². The van der Waals surface area contributed by atoms with E-state index in [1.165, 1.54) is 35.2 Å². The summed E-state index contributed by atoms with van der Waals surface area (Å²) in [6, 6.07) is 33.1. The lowest BCUT2D eigenvalue weighted by atomic mass is 9.49. The van der Waals surface area contributed by atoms with Crippen LogP contribution in [0.4, 0.5) is 10.1 Å². The third-order valence-corrected chi connectivity index (χ3v) is 12.7. The molecule has 1 saturated carbocycles. The van der Waals surface area contributed by atoms with Gasteiger partial charge in [0.2, 0.25) is 11.8 Å². The highest BCUT2D eigenvalue weighted by molar-refractivity contribution is 6.30. The molecular formula is C47H39ClFN3O7. The summed E-state index contributed by atoms with van der Waals surface area (Å²) in [5.74, 6) is -6.18. The molecule has 2 saturated heterocycles. The second kappa shape index (κ2) is 15.0. The van der Waals surface area contributed by atoms with Gasteiger partial charge in [0.25, 0.3) is 11.8 Å². The Labute approximate surface area is 344 Å². The standard InChI is InChI=1S/C47H39ClFN3O7/c48-30-10-8-29(9-11-30)47-39(44(56)52(46(47)58)50-32-14-12-31(49)13-15-32)25-38-35(42(47)36-19-18-34(24-40(36)54)59-26-28-4-2-1-3-5-28)20-21-37-41(38)45(57)51(43(37)55)23-22-27-6-16-33(53)17-7-27/h1-20,24,37-39,41-42,50,53-54H,21-23,25-26H2. The molecular weight excluding hydrogens is 773 g/mol. The van der Waals surface area contributed by atoms with Gasteiger partial charge in [0.1, 0.15) is 29.7 Å². The molecule has 4 amide bonds. The smallest absolute Gasteiger partial charge is 0.260 e. The summed E-state index contributed by atoms with van der Waals surface area (Å²) in [4.78, 5) is 60.2. The number of likely N-dealkylation sites (tertiary alicyclic amines) is 1. The van der Waals surface area contributed by atoms with Crippen molar-refractivity contribution in [2.75, 3.05) is 12.0 Å². The number of nitrogens with one attached hydrogen (secondary N) is 1. The lowest BCUT2D eigenvalue weighted by molar-refractivity contribution is -0.141. The lowest BCUT2D eigenvalue weighted by Crippen LogP contribution is -2.53. The van der Waals surface area contributed by atoms with Gasteiger partial charge >= 0.3 is 0 Å². The van der Waals surface area contributed by atoms with Gasteiger partial charge in [0.15, 0.2) is 0 Å². The third kappa shape index (κ3) is 6.50. The van der Waals surface area contributed by atoms with Crippen LogP contribution < -0.4 is 10.2 Å². The fraction of sp³-hybridized carbons (Fsp3) is 0.234. The Morgan fingerprint density at radius 1 is 0.797 bits per heavy atom. The van der Waals surface area contributed by atoms with Crippen molar-refractivity contribution in [3.05, 3.63) is 166 Å². The lowest BCUT2D eigenvalue weighted by Gasteiger charge is -2.50. The summed E-state index contributed by atoms with van der Waals surface area (Å²) in [5.41, 5.74) is 4.86. The Hall–Kier alpha value is -6.46. The number of hydrazine groups is 1. The van der Waals surface area contributed by atoms with Crippen molar-refractivity contribution in [1.82, 2.24) is 9.91 Å². The molecule has 2 heterocycles. The number of fused-ring (bicyclic) bond motifs is 4. The Kier molecular flexibility index (Phi) is 9.71. The molecule has 0 radical (unpaired) electrons. The number of anilines is 1. The van der Waals surface area contributed by atoms with Gasteiger partial charge in [0, 0.05) is 29.1 Å². The Morgan fingerprint density at radius 2 is 1.53 bits per heavy atom. The maximum absolute atomic E-state index is 15.4. The summed E-state index contributed by atoms with van der Waals surface area (Å²) in [5, 5.41) is 23.2. The summed E-state index contributed by atoms with van der Waals surface area (Å²) < 4.78 is 20.0. The van der Waals surface area contributed by atoms with Crippen LogP contribution in [0.25, 0.3) is 0 Å². The highest BCUT2D eigenvalue weighted by Gasteiger charge is 2.70. The predicted molar refractivity (Wildman–Crippen MR) is 216 cm³/mol. The zero-order chi connectivity index (χ0) is 41.0. The number of rotatable bonds is 10. The Bertz CT molecular complexity index is 2500. The molecule has 0 spiro atoms. The average molecular weight is 812 g/mol. The number of nitrogens with zero attached hydrogens (tertiary/aromatic N) is 2. The normalized spacial score (nSPS) is 24.7. The summed E-state index contributed by atoms with van der Waals surface area (Å²) >= 11 is 6.41. The van der Waals surface area contributed by atoms with Crippen molar-refractivity contribution in [3.8, 4) is 17.2 Å². The molecule has 59 heavy (non-hydrogen) atoms. The van der Waals surface area contributed by atoms with Crippen molar-refractivity contribution in [3.63, 3.8) is 0 Å². The maximum atomic E-state index is 15.4. The monoisotopic (exact) mass is 811 g/mol. The van der Waals surface area contributed by atoms with E-state index in [1.54, 1.807) is 60.7 Å². The molecule has 298 valence electrons. The van der Waals surface area contributed by atoms with Crippen LogP contribution in [0.3, 0.4) is 0 Å². The molecule has 9 rings (SSSR count). The number of carbonyl (C=O) groups excluding carboxylic acids is 4. The van der Waals surface area contributed by atoms with Gasteiger partial charge in [-0.05, 0) is 96.5 Å². The molecule has 3 fully saturated rings. The molecule has 0 bridgehead atoms. The first kappa shape index (κ1) is 38.1. The molecule has 3 N–H and O–H groups in total. The number of phenols is 2. The second-order valence-electron chi connectivity index (χ2n) is 15.6. The molecule has 2 aliphatic carbocycles. The van der Waals surface area contributed by atoms with Crippen molar-refractivity contribution in [2.24, 2.45) is 23.7 Å². The van der Waals surface area contributed by atoms with E-state index >= 15 is 4.79 Å². The number of aromatic hydroxyl groups is 2. The van der Waals surface area contributed by atoms with E-state index in [9.17, 15) is 29.0 Å². The largest absolute Gasteiger partial charge is 0.508 e. The highest BCUT2D eigenvalue weighted by Crippen LogP contribution is 2.65. The van der Waals surface area contributed by atoms with Crippen LogP contribution >= 0.6 is 11.6 Å². The molecule has 4 aliphatic rings. The molecule has 6 atom stereocenters. The third-order valence-electron chi connectivity index (χ3n) is 12.5. The molecule has 10 nitrogen and oxygen atoms in total. The number of ether oxygens (including phenoxy) is 1. The highest BCUT2D eigenvalue weighted by atomic mass is 35.5. The number of imide groups is 2. The maximum Gasteiger partial charge on any atom is 0.260 e. The Morgan fingerprint density at radius 3 is 2.24 bits per heavy atom. The second-order valence-corrected chi connectivity index (χ2v) is 16.0. The van der Waals surface area contributed by atoms with Crippen LogP contribution in [-0.2, 0) is 37.6 Å². The molecule has 0 aromatic heterocycles. The van der Waals surface area contributed by atoms with E-state index in [0.717, 1.165) is 16.1 Å². The number of benzene rings is 5. The first-order valence-corrected chi connectivity index (χ1v) is 19.9. The van der Waals surface area contributed by atoms with Crippen LogP contribution in [0.2, 0.25) is 5.02 Å². The van der Waals surface area contributed by atoms with E-state index in [1.807, 2.05) is 36.4 Å². The number of carbonyl (C=O) groups is 4. The van der Waals surface area contributed by atoms with E-state index < -0.39 is 52.6 Å². The summed E-state index contributed by atoms with van der Waals surface area (Å²) in [7, 11) is 0. The number of hydrogen-bond acceptors (Lipinski definition) is 8. The first-order valence-electron chi connectivity index (χ1n) is 19.5. The van der Waals surface area contributed by atoms with E-state index in [0.29, 0.717) is 39.6 Å². The number of phenolic OH excluding ortho intramolecular Hbond substituents is 2. The predicted octanol–water partition coefficient (Wildman–Crippen LogP) is 7.70. The van der Waals surface area contributed by atoms with Gasteiger partial charge in [-0.3, -0.25) is 29.5 Å². The molecule has 12 heteroatoms. The summed E-state index contributed by atoms with van der Waals surface area (Å²) in [6.07, 6.45) is 2.58. The van der Waals surface area contributed by atoms with Gasteiger partial charge in [-0.2, -0.15) is 5.01 Å². The van der Waals surface area contributed by atoms with Crippen LogP contribution in [0.15, 0.2) is 133 Å². The summed E-state index contributed by atoms with van der Waals surface area (Å²) in [6.45, 7) is 0.379.